The maximum absolute atomic E-state index is 11.9. The van der Waals surface area contributed by atoms with Crippen molar-refractivity contribution in [3.8, 4) is 6.07 Å². The lowest BCUT2D eigenvalue weighted by molar-refractivity contribution is -0.645. The van der Waals surface area contributed by atoms with Gasteiger partial charge in [0.15, 0.2) is 6.20 Å². The van der Waals surface area contributed by atoms with Gasteiger partial charge in [-0.3, -0.25) is 4.79 Å². The largest absolute Gasteiger partial charge is 0.618 e. The summed E-state index contributed by atoms with van der Waals surface area (Å²) in [7, 11) is 0. The third-order valence-corrected chi connectivity index (χ3v) is 4.21. The predicted molar refractivity (Wildman–Crippen MR) is 71.1 cm³/mol. The zero-order valence-corrected chi connectivity index (χ0v) is 11.3. The Morgan fingerprint density at radius 2 is 2.26 bits per heavy atom. The average molecular weight is 277 g/mol. The number of aromatic nitrogens is 1. The number of rotatable bonds is 4. The van der Waals surface area contributed by atoms with Crippen molar-refractivity contribution < 1.29 is 9.52 Å². The van der Waals surface area contributed by atoms with E-state index in [9.17, 15) is 10.0 Å². The third kappa shape index (κ3) is 3.38. The van der Waals surface area contributed by atoms with Crippen LogP contribution in [0.3, 0.4) is 0 Å². The predicted octanol–water partition coefficient (Wildman–Crippen LogP) is 1.36. The van der Waals surface area contributed by atoms with Gasteiger partial charge in [0.05, 0.1) is 11.8 Å². The second-order valence-corrected chi connectivity index (χ2v) is 5.60. The van der Waals surface area contributed by atoms with E-state index in [-0.39, 0.29) is 11.7 Å². The quantitative estimate of drug-likeness (QED) is 0.512. The second kappa shape index (κ2) is 5.93. The van der Waals surface area contributed by atoms with Gasteiger partial charge in [-0.2, -0.15) is 9.99 Å². The van der Waals surface area contributed by atoms with Crippen molar-refractivity contribution in [3.63, 3.8) is 0 Å². The second-order valence-electron chi connectivity index (χ2n) is 4.60. The lowest BCUT2D eigenvalue weighted by Gasteiger charge is -2.21. The van der Waals surface area contributed by atoms with Crippen LogP contribution in [0, 0.1) is 16.5 Å². The summed E-state index contributed by atoms with van der Waals surface area (Å²) in [6.07, 6.45) is 4.77. The molecule has 2 rings (SSSR count). The maximum Gasteiger partial charge on any atom is 0.251 e. The van der Waals surface area contributed by atoms with E-state index in [0.29, 0.717) is 17.9 Å². The summed E-state index contributed by atoms with van der Waals surface area (Å²) >= 11 is 1.18. The highest BCUT2D eigenvalue weighted by atomic mass is 32.2. The summed E-state index contributed by atoms with van der Waals surface area (Å²) in [6.45, 7) is 0. The molecule has 1 amide bonds. The van der Waals surface area contributed by atoms with E-state index in [2.05, 4.69) is 11.4 Å². The van der Waals surface area contributed by atoms with Gasteiger partial charge in [-0.05, 0) is 43.5 Å². The van der Waals surface area contributed by atoms with Gasteiger partial charge in [0.2, 0.25) is 5.91 Å². The van der Waals surface area contributed by atoms with Crippen LogP contribution in [0.1, 0.15) is 25.7 Å². The molecular weight excluding hydrogens is 262 g/mol. The third-order valence-electron chi connectivity index (χ3n) is 3.19. The molecule has 0 unspecified atom stereocenters. The first-order valence-electron chi connectivity index (χ1n) is 6.18. The Hall–Kier alpha value is -1.74. The molecule has 100 valence electrons. The molecule has 0 spiro atoms. The highest BCUT2D eigenvalue weighted by Crippen LogP contribution is 2.29. The first-order chi connectivity index (χ1) is 9.15. The van der Waals surface area contributed by atoms with Gasteiger partial charge in [-0.15, -0.1) is 0 Å². The molecule has 0 aromatic carbocycles. The SMILES string of the molecule is N#CC1(NC(=O)CSc2cccc[n+]2[O-])CCCC1. The van der Waals surface area contributed by atoms with Crippen molar-refractivity contribution in [2.24, 2.45) is 0 Å². The molecule has 5 nitrogen and oxygen atoms in total. The molecule has 1 aliphatic carbocycles. The topological polar surface area (TPSA) is 79.8 Å². The van der Waals surface area contributed by atoms with Crippen LogP contribution in [0.25, 0.3) is 0 Å². The van der Waals surface area contributed by atoms with Crippen LogP contribution in [0.2, 0.25) is 0 Å². The van der Waals surface area contributed by atoms with E-state index >= 15 is 0 Å². The van der Waals surface area contributed by atoms with E-state index in [4.69, 9.17) is 5.26 Å². The van der Waals surface area contributed by atoms with Gasteiger partial charge < -0.3 is 10.5 Å². The van der Waals surface area contributed by atoms with Crippen LogP contribution < -0.4 is 10.0 Å². The highest BCUT2D eigenvalue weighted by molar-refractivity contribution is 7.99. The van der Waals surface area contributed by atoms with Gasteiger partial charge >= 0.3 is 0 Å². The Kier molecular flexibility index (Phi) is 4.27. The first kappa shape index (κ1) is 13.7. The van der Waals surface area contributed by atoms with Crippen LogP contribution in [-0.2, 0) is 4.79 Å². The minimum atomic E-state index is -0.693. The molecule has 1 aromatic heterocycles. The number of pyridine rings is 1. The Balaban J connectivity index is 1.89. The molecule has 0 aliphatic heterocycles. The van der Waals surface area contributed by atoms with E-state index < -0.39 is 5.54 Å². The monoisotopic (exact) mass is 277 g/mol. The number of nitriles is 1. The standard InChI is InChI=1S/C13H15N3O2S/c14-10-13(6-2-3-7-13)15-11(17)9-19-12-5-1-4-8-16(12)18/h1,4-5,8H,2-3,6-7,9H2,(H,15,17). The van der Waals surface area contributed by atoms with Crippen LogP contribution in [-0.4, -0.2) is 17.2 Å². The number of amides is 1. The molecule has 0 radical (unpaired) electrons. The molecular formula is C13H15N3O2S. The van der Waals surface area contributed by atoms with Gasteiger partial charge in [0.1, 0.15) is 5.54 Å². The molecule has 1 aliphatic rings. The maximum atomic E-state index is 11.9. The number of carbonyl (C=O) groups is 1. The summed E-state index contributed by atoms with van der Waals surface area (Å²) in [6, 6.07) is 7.27. The Morgan fingerprint density at radius 3 is 2.89 bits per heavy atom. The summed E-state index contributed by atoms with van der Waals surface area (Å²) in [5.41, 5.74) is -0.693. The Labute approximate surface area is 116 Å². The fourth-order valence-electron chi connectivity index (χ4n) is 2.21. The fraction of sp³-hybridized carbons (Fsp3) is 0.462. The van der Waals surface area contributed by atoms with Gasteiger partial charge in [-0.25, -0.2) is 0 Å². The minimum absolute atomic E-state index is 0.148. The number of hydrogen-bond donors (Lipinski definition) is 1. The van der Waals surface area contributed by atoms with Gasteiger partial charge in [0, 0.05) is 12.1 Å². The molecule has 1 saturated carbocycles. The molecule has 19 heavy (non-hydrogen) atoms. The van der Waals surface area contributed by atoms with Crippen molar-refractivity contribution in [1.29, 1.82) is 5.26 Å². The summed E-state index contributed by atoms with van der Waals surface area (Å²) < 4.78 is 0.730. The molecule has 1 N–H and O–H groups in total. The summed E-state index contributed by atoms with van der Waals surface area (Å²) in [4.78, 5) is 11.9. The van der Waals surface area contributed by atoms with Crippen LogP contribution in [0.15, 0.2) is 29.4 Å². The van der Waals surface area contributed by atoms with Crippen molar-refractivity contribution in [1.82, 2.24) is 5.32 Å². The summed E-state index contributed by atoms with van der Waals surface area (Å²) in [5.74, 6) is -0.0484. The van der Waals surface area contributed by atoms with Crippen LogP contribution in [0.4, 0.5) is 0 Å². The molecule has 6 heteroatoms. The normalized spacial score (nSPS) is 16.8. The highest BCUT2D eigenvalue weighted by Gasteiger charge is 2.35. The molecule has 0 atom stereocenters. The van der Waals surface area contributed by atoms with Crippen molar-refractivity contribution >= 4 is 17.7 Å². The van der Waals surface area contributed by atoms with E-state index in [1.54, 1.807) is 18.2 Å². The van der Waals surface area contributed by atoms with Crippen LogP contribution >= 0.6 is 11.8 Å². The van der Waals surface area contributed by atoms with E-state index in [0.717, 1.165) is 17.6 Å². The molecule has 1 heterocycles. The minimum Gasteiger partial charge on any atom is -0.618 e. The first-order valence-corrected chi connectivity index (χ1v) is 7.17. The van der Waals surface area contributed by atoms with Gasteiger partial charge in [-0.1, -0.05) is 0 Å². The molecule has 0 bridgehead atoms. The lowest BCUT2D eigenvalue weighted by Crippen LogP contribution is -2.46. The van der Waals surface area contributed by atoms with Gasteiger partial charge in [0.25, 0.3) is 5.03 Å². The summed E-state index contributed by atoms with van der Waals surface area (Å²) in [5, 5.41) is 23.9. The van der Waals surface area contributed by atoms with Crippen molar-refractivity contribution in [3.05, 3.63) is 29.6 Å². The van der Waals surface area contributed by atoms with Crippen molar-refractivity contribution in [2.45, 2.75) is 36.2 Å². The van der Waals surface area contributed by atoms with E-state index in [1.807, 2.05) is 0 Å². The smallest absolute Gasteiger partial charge is 0.251 e. The lowest BCUT2D eigenvalue weighted by atomic mass is 10.0. The zero-order valence-electron chi connectivity index (χ0n) is 10.5. The van der Waals surface area contributed by atoms with Crippen LogP contribution in [0.5, 0.6) is 0 Å². The number of thioether (sulfide) groups is 1. The zero-order chi connectivity index (χ0) is 13.7. The van der Waals surface area contributed by atoms with E-state index in [1.165, 1.54) is 18.0 Å². The van der Waals surface area contributed by atoms with Crippen molar-refractivity contribution in [2.75, 3.05) is 5.75 Å². The number of nitrogens with zero attached hydrogens (tertiary/aromatic N) is 2. The molecule has 1 fully saturated rings. The Morgan fingerprint density at radius 1 is 1.53 bits per heavy atom. The number of nitrogens with one attached hydrogen (secondary N) is 1. The molecule has 0 saturated heterocycles. The Bertz CT molecular complexity index is 507. The number of carbonyl (C=O) groups excluding carboxylic acids is 1. The average Bonchev–Trinajstić information content (AvgIpc) is 2.87. The fourth-order valence-corrected chi connectivity index (χ4v) is 2.92. The number of hydrogen-bond acceptors (Lipinski definition) is 4. The molecule has 1 aromatic rings.